The molecule has 1 aromatic heterocycles. The number of piperazine rings is 1. The van der Waals surface area contributed by atoms with Crippen LogP contribution in [0.4, 0.5) is 5.69 Å². The average molecular weight is 325 g/mol. The number of aryl methyl sites for hydroxylation is 1. The maximum absolute atomic E-state index is 12.4. The van der Waals surface area contributed by atoms with Crippen LogP contribution in [0.5, 0.6) is 5.75 Å². The van der Waals surface area contributed by atoms with Crippen molar-refractivity contribution in [3.8, 4) is 5.75 Å². The number of hydrogen-bond acceptors (Lipinski definition) is 4. The van der Waals surface area contributed by atoms with Crippen LogP contribution in [0.15, 0.2) is 48.8 Å². The van der Waals surface area contributed by atoms with Crippen molar-refractivity contribution >= 4 is 11.6 Å². The molecule has 0 unspecified atom stereocenters. The molecule has 0 N–H and O–H groups in total. The molecule has 1 amide bonds. The Labute approximate surface area is 142 Å². The first kappa shape index (κ1) is 16.3. The van der Waals surface area contributed by atoms with E-state index in [1.54, 1.807) is 13.3 Å². The number of methoxy groups -OCH3 is 1. The number of carbonyl (C=O) groups is 1. The van der Waals surface area contributed by atoms with Gasteiger partial charge in [0.15, 0.2) is 0 Å². The monoisotopic (exact) mass is 325 g/mol. The standard InChI is InChI=1S/C19H23N3O2/c1-24-18-6-2-5-17(14-18)21-10-12-22(13-11-21)19(23)8-7-16-4-3-9-20-15-16/h2-6,9,14-15H,7-8,10-13H2,1H3. The summed E-state index contributed by atoms with van der Waals surface area (Å²) in [5.74, 6) is 1.09. The molecule has 0 atom stereocenters. The molecule has 1 saturated heterocycles. The highest BCUT2D eigenvalue weighted by molar-refractivity contribution is 5.76. The quantitative estimate of drug-likeness (QED) is 0.847. The van der Waals surface area contributed by atoms with Crippen molar-refractivity contribution in [3.63, 3.8) is 0 Å². The largest absolute Gasteiger partial charge is 0.497 e. The fourth-order valence-electron chi connectivity index (χ4n) is 2.98. The first-order chi connectivity index (χ1) is 11.8. The van der Waals surface area contributed by atoms with Crippen molar-refractivity contribution in [3.05, 3.63) is 54.4 Å². The highest BCUT2D eigenvalue weighted by Crippen LogP contribution is 2.22. The highest BCUT2D eigenvalue weighted by Gasteiger charge is 2.21. The highest BCUT2D eigenvalue weighted by atomic mass is 16.5. The van der Waals surface area contributed by atoms with E-state index in [1.807, 2.05) is 41.4 Å². The van der Waals surface area contributed by atoms with Gasteiger partial charge in [-0.25, -0.2) is 0 Å². The zero-order valence-electron chi connectivity index (χ0n) is 14.0. The van der Waals surface area contributed by atoms with Crippen molar-refractivity contribution in [1.82, 2.24) is 9.88 Å². The zero-order chi connectivity index (χ0) is 16.8. The van der Waals surface area contributed by atoms with E-state index in [9.17, 15) is 4.79 Å². The summed E-state index contributed by atoms with van der Waals surface area (Å²) in [6.45, 7) is 3.24. The van der Waals surface area contributed by atoms with E-state index < -0.39 is 0 Å². The molecular formula is C19H23N3O2. The van der Waals surface area contributed by atoms with Gasteiger partial charge in [0.25, 0.3) is 0 Å². The maximum atomic E-state index is 12.4. The Morgan fingerprint density at radius 2 is 2.00 bits per heavy atom. The van der Waals surface area contributed by atoms with Gasteiger partial charge in [0.05, 0.1) is 7.11 Å². The minimum absolute atomic E-state index is 0.226. The third-order valence-corrected chi connectivity index (χ3v) is 4.40. The van der Waals surface area contributed by atoms with Gasteiger partial charge in [0, 0.05) is 56.7 Å². The molecule has 3 rings (SSSR count). The number of carbonyl (C=O) groups excluding carboxylic acids is 1. The maximum Gasteiger partial charge on any atom is 0.223 e. The predicted octanol–water partition coefficient (Wildman–Crippen LogP) is 2.37. The molecule has 5 heteroatoms. The summed E-state index contributed by atoms with van der Waals surface area (Å²) >= 11 is 0. The Balaban J connectivity index is 1.50. The Morgan fingerprint density at radius 3 is 2.71 bits per heavy atom. The van der Waals surface area contributed by atoms with Gasteiger partial charge in [0.2, 0.25) is 5.91 Å². The van der Waals surface area contributed by atoms with Crippen LogP contribution in [0, 0.1) is 0 Å². The van der Waals surface area contributed by atoms with E-state index in [4.69, 9.17) is 4.74 Å². The Bertz CT molecular complexity index is 667. The van der Waals surface area contributed by atoms with Gasteiger partial charge in [-0.2, -0.15) is 0 Å². The lowest BCUT2D eigenvalue weighted by Gasteiger charge is -2.36. The van der Waals surface area contributed by atoms with Gasteiger partial charge in [-0.05, 0) is 30.2 Å². The second-order valence-electron chi connectivity index (χ2n) is 5.93. The van der Waals surface area contributed by atoms with Crippen LogP contribution in [-0.4, -0.2) is 49.1 Å². The minimum atomic E-state index is 0.226. The Hall–Kier alpha value is -2.56. The molecule has 0 saturated carbocycles. The van der Waals surface area contributed by atoms with Crippen molar-refractivity contribution in [2.45, 2.75) is 12.8 Å². The van der Waals surface area contributed by atoms with E-state index in [-0.39, 0.29) is 5.91 Å². The molecule has 126 valence electrons. The fraction of sp³-hybridized carbons (Fsp3) is 0.368. The van der Waals surface area contributed by atoms with Crippen molar-refractivity contribution < 1.29 is 9.53 Å². The van der Waals surface area contributed by atoms with E-state index in [2.05, 4.69) is 16.0 Å². The van der Waals surface area contributed by atoms with Gasteiger partial charge in [-0.3, -0.25) is 9.78 Å². The molecule has 0 radical (unpaired) electrons. The van der Waals surface area contributed by atoms with E-state index in [0.717, 1.165) is 49.6 Å². The third kappa shape index (κ3) is 4.04. The smallest absolute Gasteiger partial charge is 0.223 e. The number of rotatable bonds is 5. The lowest BCUT2D eigenvalue weighted by atomic mass is 10.1. The SMILES string of the molecule is COc1cccc(N2CCN(C(=O)CCc3cccnc3)CC2)c1. The summed E-state index contributed by atoms with van der Waals surface area (Å²) in [4.78, 5) is 20.7. The summed E-state index contributed by atoms with van der Waals surface area (Å²) in [6.07, 6.45) is 4.88. The number of ether oxygens (including phenoxy) is 1. The van der Waals surface area contributed by atoms with E-state index in [0.29, 0.717) is 6.42 Å². The zero-order valence-corrected chi connectivity index (χ0v) is 14.0. The van der Waals surface area contributed by atoms with Crippen LogP contribution >= 0.6 is 0 Å². The molecule has 1 fully saturated rings. The molecule has 1 aromatic carbocycles. The number of amides is 1. The summed E-state index contributed by atoms with van der Waals surface area (Å²) in [6, 6.07) is 12.0. The molecular weight excluding hydrogens is 302 g/mol. The molecule has 0 aliphatic carbocycles. The molecule has 0 bridgehead atoms. The van der Waals surface area contributed by atoms with Gasteiger partial charge in [-0.1, -0.05) is 12.1 Å². The minimum Gasteiger partial charge on any atom is -0.497 e. The normalized spacial score (nSPS) is 14.5. The lowest BCUT2D eigenvalue weighted by Crippen LogP contribution is -2.48. The van der Waals surface area contributed by atoms with Gasteiger partial charge >= 0.3 is 0 Å². The van der Waals surface area contributed by atoms with Gasteiger partial charge in [-0.15, -0.1) is 0 Å². The average Bonchev–Trinajstić information content (AvgIpc) is 2.67. The topological polar surface area (TPSA) is 45.7 Å². The van der Waals surface area contributed by atoms with Crippen molar-refractivity contribution in [2.24, 2.45) is 0 Å². The molecule has 0 spiro atoms. The third-order valence-electron chi connectivity index (χ3n) is 4.40. The second-order valence-corrected chi connectivity index (χ2v) is 5.93. The fourth-order valence-corrected chi connectivity index (χ4v) is 2.98. The molecule has 2 aromatic rings. The molecule has 1 aliphatic heterocycles. The number of hydrogen-bond donors (Lipinski definition) is 0. The van der Waals surface area contributed by atoms with Crippen LogP contribution in [0.1, 0.15) is 12.0 Å². The first-order valence-corrected chi connectivity index (χ1v) is 8.32. The summed E-state index contributed by atoms with van der Waals surface area (Å²) in [5, 5.41) is 0. The van der Waals surface area contributed by atoms with Crippen LogP contribution in [-0.2, 0) is 11.2 Å². The lowest BCUT2D eigenvalue weighted by molar-refractivity contribution is -0.131. The van der Waals surface area contributed by atoms with Crippen LogP contribution in [0.3, 0.4) is 0 Å². The van der Waals surface area contributed by atoms with Gasteiger partial charge < -0.3 is 14.5 Å². The number of benzene rings is 1. The van der Waals surface area contributed by atoms with Crippen molar-refractivity contribution in [1.29, 1.82) is 0 Å². The van der Waals surface area contributed by atoms with Crippen molar-refractivity contribution in [2.75, 3.05) is 38.2 Å². The molecule has 1 aliphatic rings. The number of anilines is 1. The summed E-state index contributed by atoms with van der Waals surface area (Å²) in [5.41, 5.74) is 2.26. The molecule has 24 heavy (non-hydrogen) atoms. The van der Waals surface area contributed by atoms with Gasteiger partial charge in [0.1, 0.15) is 5.75 Å². The Kier molecular flexibility index (Phi) is 5.31. The van der Waals surface area contributed by atoms with Crippen LogP contribution in [0.25, 0.3) is 0 Å². The van der Waals surface area contributed by atoms with E-state index >= 15 is 0 Å². The summed E-state index contributed by atoms with van der Waals surface area (Å²) in [7, 11) is 1.68. The van der Waals surface area contributed by atoms with Crippen LogP contribution < -0.4 is 9.64 Å². The number of aromatic nitrogens is 1. The van der Waals surface area contributed by atoms with E-state index in [1.165, 1.54) is 0 Å². The predicted molar refractivity (Wildman–Crippen MR) is 94.3 cm³/mol. The first-order valence-electron chi connectivity index (χ1n) is 8.32. The Morgan fingerprint density at radius 1 is 1.17 bits per heavy atom. The summed E-state index contributed by atoms with van der Waals surface area (Å²) < 4.78 is 5.28. The molecule has 5 nitrogen and oxygen atoms in total. The van der Waals surface area contributed by atoms with Crippen LogP contribution in [0.2, 0.25) is 0 Å². The number of nitrogens with zero attached hydrogens (tertiary/aromatic N) is 3. The number of pyridine rings is 1. The molecule has 2 heterocycles. The second kappa shape index (κ2) is 7.81.